The van der Waals surface area contributed by atoms with Crippen LogP contribution in [-0.4, -0.2) is 58.6 Å². The molecular formula is C34H34IN5O4. The third kappa shape index (κ3) is 4.62. The minimum atomic E-state index is -0.938. The van der Waals surface area contributed by atoms with E-state index in [-0.39, 0.29) is 17.4 Å². The lowest BCUT2D eigenvalue weighted by Crippen LogP contribution is -2.37. The van der Waals surface area contributed by atoms with Gasteiger partial charge in [-0.1, -0.05) is 54.6 Å². The number of hydrogen-bond acceptors (Lipinski definition) is 8. The van der Waals surface area contributed by atoms with E-state index in [1.807, 2.05) is 55.8 Å². The standard InChI is InChI=1S/C34H34IN5O4/c1-36-30-29-31(39-32(35)38-30)40(20-37-29)27-17-28(41)33(18-26(27)33)19-44-34(21-7-5-4-6-8-21,22-9-13-24(42-2)14-10-22)23-11-15-25(43-3)16-12-23/h4-16,20,26-28,41H,17-19H2,1-3H3,(H,36,38,39)/t26-,27-,28+,33+/m1/s1. The smallest absolute Gasteiger partial charge is 0.194 e. The molecule has 2 aliphatic carbocycles. The Morgan fingerprint density at radius 1 is 0.932 bits per heavy atom. The lowest BCUT2D eigenvalue weighted by molar-refractivity contribution is -0.0445. The van der Waals surface area contributed by atoms with Crippen molar-refractivity contribution in [3.8, 4) is 11.5 Å². The van der Waals surface area contributed by atoms with Crippen molar-refractivity contribution in [1.82, 2.24) is 19.5 Å². The van der Waals surface area contributed by atoms with Gasteiger partial charge in [-0.2, -0.15) is 0 Å². The van der Waals surface area contributed by atoms with Crippen LogP contribution in [0.5, 0.6) is 11.5 Å². The third-order valence-corrected chi connectivity index (χ3v) is 9.97. The largest absolute Gasteiger partial charge is 0.497 e. The van der Waals surface area contributed by atoms with Crippen molar-refractivity contribution in [2.45, 2.75) is 30.6 Å². The molecule has 5 aromatic rings. The van der Waals surface area contributed by atoms with Crippen LogP contribution < -0.4 is 14.8 Å². The first-order valence-corrected chi connectivity index (χ1v) is 15.8. The highest BCUT2D eigenvalue weighted by Crippen LogP contribution is 2.68. The topological polar surface area (TPSA) is 104 Å². The Labute approximate surface area is 269 Å². The summed E-state index contributed by atoms with van der Waals surface area (Å²) in [5, 5.41) is 14.8. The number of aliphatic hydroxyl groups excluding tert-OH is 1. The Kier molecular flexibility index (Phi) is 7.46. The van der Waals surface area contributed by atoms with E-state index in [2.05, 4.69) is 78.8 Å². The summed E-state index contributed by atoms with van der Waals surface area (Å²) in [6, 6.07) is 26.4. The van der Waals surface area contributed by atoms with Gasteiger partial charge >= 0.3 is 0 Å². The molecule has 2 saturated carbocycles. The van der Waals surface area contributed by atoms with E-state index < -0.39 is 11.7 Å². The first-order valence-electron chi connectivity index (χ1n) is 14.7. The second-order valence-corrected chi connectivity index (χ2v) is 12.5. The van der Waals surface area contributed by atoms with Crippen LogP contribution in [0.1, 0.15) is 35.6 Å². The Balaban J connectivity index is 1.28. The summed E-state index contributed by atoms with van der Waals surface area (Å²) < 4.78 is 21.0. The summed E-state index contributed by atoms with van der Waals surface area (Å²) in [5.41, 5.74) is 3.14. The number of methoxy groups -OCH3 is 2. The molecule has 44 heavy (non-hydrogen) atoms. The maximum Gasteiger partial charge on any atom is 0.194 e. The van der Waals surface area contributed by atoms with Gasteiger partial charge in [0.05, 0.1) is 33.3 Å². The molecule has 4 atom stereocenters. The van der Waals surface area contributed by atoms with Crippen molar-refractivity contribution in [2.24, 2.45) is 11.3 Å². The molecule has 7 rings (SSSR count). The highest BCUT2D eigenvalue weighted by Gasteiger charge is 2.68. The molecule has 2 N–H and O–H groups in total. The Morgan fingerprint density at radius 2 is 1.55 bits per heavy atom. The zero-order chi connectivity index (χ0) is 30.5. The van der Waals surface area contributed by atoms with E-state index in [1.54, 1.807) is 14.2 Å². The molecule has 0 amide bonds. The minimum Gasteiger partial charge on any atom is -0.497 e. The summed E-state index contributed by atoms with van der Waals surface area (Å²) in [6.45, 7) is 0.378. The molecule has 10 heteroatoms. The van der Waals surface area contributed by atoms with Gasteiger partial charge in [0.1, 0.15) is 17.1 Å². The fraction of sp³-hybridized carbons (Fsp3) is 0.324. The number of aliphatic hydroxyl groups is 1. The van der Waals surface area contributed by atoms with Gasteiger partial charge < -0.3 is 29.2 Å². The maximum absolute atomic E-state index is 11.6. The highest BCUT2D eigenvalue weighted by molar-refractivity contribution is 14.1. The van der Waals surface area contributed by atoms with E-state index in [0.29, 0.717) is 22.7 Å². The second-order valence-electron chi connectivity index (χ2n) is 11.6. The predicted octanol–water partition coefficient (Wildman–Crippen LogP) is 5.81. The second kappa shape index (κ2) is 11.3. The predicted molar refractivity (Wildman–Crippen MR) is 176 cm³/mol. The minimum absolute atomic E-state index is 0.0575. The SMILES string of the molecule is CNc1nc(I)nc2c1ncn2[C@@H]1C[C@H](O)[C@]2(COC(c3ccccc3)(c3ccc(OC)cc3)c3ccc(OC)cc3)C[C@H]12. The number of nitrogens with one attached hydrogen (secondary N) is 1. The van der Waals surface area contributed by atoms with Crippen LogP contribution in [0.2, 0.25) is 0 Å². The van der Waals surface area contributed by atoms with Crippen molar-refractivity contribution in [3.63, 3.8) is 0 Å². The number of benzene rings is 3. The van der Waals surface area contributed by atoms with Crippen LogP contribution in [0, 0.1) is 15.2 Å². The number of rotatable bonds is 10. The number of imidazole rings is 1. The van der Waals surface area contributed by atoms with Crippen molar-refractivity contribution in [3.05, 3.63) is 106 Å². The Morgan fingerprint density at radius 3 is 2.11 bits per heavy atom. The molecule has 2 fully saturated rings. The molecular weight excluding hydrogens is 669 g/mol. The number of ether oxygens (including phenoxy) is 3. The van der Waals surface area contributed by atoms with Crippen LogP contribution in [0.3, 0.4) is 0 Å². The number of nitrogens with zero attached hydrogens (tertiary/aromatic N) is 4. The average Bonchev–Trinajstić information content (AvgIpc) is 3.56. The van der Waals surface area contributed by atoms with Gasteiger partial charge in [-0.25, -0.2) is 15.0 Å². The fourth-order valence-corrected chi connectivity index (χ4v) is 7.54. The van der Waals surface area contributed by atoms with Crippen molar-refractivity contribution < 1.29 is 19.3 Å². The molecule has 0 radical (unpaired) electrons. The van der Waals surface area contributed by atoms with Crippen LogP contribution in [0.4, 0.5) is 5.82 Å². The normalized spacial score (nSPS) is 22.5. The molecule has 226 valence electrons. The van der Waals surface area contributed by atoms with Gasteiger partial charge in [0.25, 0.3) is 0 Å². The molecule has 0 saturated heterocycles. The van der Waals surface area contributed by atoms with E-state index >= 15 is 0 Å². The summed E-state index contributed by atoms with van der Waals surface area (Å²) in [6.07, 6.45) is 2.78. The molecule has 0 bridgehead atoms. The molecule has 3 aromatic carbocycles. The zero-order valence-electron chi connectivity index (χ0n) is 24.8. The van der Waals surface area contributed by atoms with Crippen molar-refractivity contribution in [2.75, 3.05) is 33.2 Å². The van der Waals surface area contributed by atoms with Crippen LogP contribution in [0.15, 0.2) is 85.2 Å². The molecule has 9 nitrogen and oxygen atoms in total. The average molecular weight is 704 g/mol. The molecule has 0 aliphatic heterocycles. The lowest BCUT2D eigenvalue weighted by atomic mass is 9.79. The van der Waals surface area contributed by atoms with Gasteiger partial charge in [0.2, 0.25) is 0 Å². The molecule has 0 spiro atoms. The fourth-order valence-electron chi connectivity index (χ4n) is 7.07. The summed E-state index contributed by atoms with van der Waals surface area (Å²) >= 11 is 2.14. The van der Waals surface area contributed by atoms with E-state index in [4.69, 9.17) is 19.2 Å². The molecule has 2 heterocycles. The maximum atomic E-state index is 11.6. The monoisotopic (exact) mass is 703 g/mol. The van der Waals surface area contributed by atoms with E-state index in [9.17, 15) is 5.11 Å². The van der Waals surface area contributed by atoms with Gasteiger partial charge in [0, 0.05) is 41.1 Å². The Bertz CT molecular complexity index is 1730. The van der Waals surface area contributed by atoms with Crippen molar-refractivity contribution in [1.29, 1.82) is 0 Å². The summed E-state index contributed by atoms with van der Waals surface area (Å²) in [4.78, 5) is 13.9. The first-order chi connectivity index (χ1) is 21.4. The third-order valence-electron chi connectivity index (χ3n) is 9.49. The van der Waals surface area contributed by atoms with Crippen LogP contribution in [0.25, 0.3) is 11.2 Å². The number of fused-ring (bicyclic) bond motifs is 2. The van der Waals surface area contributed by atoms with Gasteiger partial charge in [-0.15, -0.1) is 0 Å². The van der Waals surface area contributed by atoms with E-state index in [0.717, 1.165) is 45.8 Å². The van der Waals surface area contributed by atoms with E-state index in [1.165, 1.54) is 0 Å². The van der Waals surface area contributed by atoms with Gasteiger partial charge in [0.15, 0.2) is 20.8 Å². The van der Waals surface area contributed by atoms with Gasteiger partial charge in [-0.3, -0.25) is 0 Å². The first kappa shape index (κ1) is 29.0. The molecule has 2 aromatic heterocycles. The number of hydrogen-bond donors (Lipinski definition) is 2. The number of anilines is 1. The number of aromatic nitrogens is 4. The van der Waals surface area contributed by atoms with Crippen LogP contribution >= 0.6 is 22.6 Å². The number of halogens is 1. The lowest BCUT2D eigenvalue weighted by Gasteiger charge is -2.37. The molecule has 2 aliphatic rings. The summed E-state index contributed by atoms with van der Waals surface area (Å²) in [7, 11) is 5.17. The van der Waals surface area contributed by atoms with Gasteiger partial charge in [-0.05, 0) is 59.7 Å². The van der Waals surface area contributed by atoms with Crippen molar-refractivity contribution >= 4 is 39.6 Å². The Hall–Kier alpha value is -3.74. The zero-order valence-corrected chi connectivity index (χ0v) is 26.9. The van der Waals surface area contributed by atoms with Crippen LogP contribution in [-0.2, 0) is 10.3 Å². The highest BCUT2D eigenvalue weighted by atomic mass is 127. The molecule has 0 unspecified atom stereocenters. The quantitative estimate of drug-likeness (QED) is 0.107. The summed E-state index contributed by atoms with van der Waals surface area (Å²) in [5.74, 6) is 2.47.